The maximum absolute atomic E-state index is 15.4. The molecule has 7 aliphatic heterocycles. The Balaban J connectivity index is 0.696. The fourth-order valence-electron chi connectivity index (χ4n) is 20.2. The summed E-state index contributed by atoms with van der Waals surface area (Å²) in [5.41, 5.74) is -1.63. The molecule has 0 unspecified atom stereocenters. The van der Waals surface area contributed by atoms with Crippen molar-refractivity contribution in [2.24, 2.45) is 50.2 Å². The second-order valence-electron chi connectivity index (χ2n) is 33.8. The Hall–Kier alpha value is -2.07. The summed E-state index contributed by atoms with van der Waals surface area (Å²) in [6.45, 7) is 15.6. The number of hydrogen-bond donors (Lipinski definition) is 19. The molecule has 0 amide bonds. The zero-order chi connectivity index (χ0) is 75.7. The number of carbonyl (C=O) groups excluding carboxylic acids is 1. The van der Waals surface area contributed by atoms with E-state index in [0.29, 0.717) is 44.9 Å². The van der Waals surface area contributed by atoms with Crippen LogP contribution in [0.2, 0.25) is 0 Å². The molecule has 0 aromatic rings. The van der Waals surface area contributed by atoms with Crippen molar-refractivity contribution in [1.82, 2.24) is 0 Å². The molecule has 19 N–H and O–H groups in total. The molecule has 0 aromatic carbocycles. The van der Waals surface area contributed by atoms with Gasteiger partial charge < -0.3 is 163 Å². The van der Waals surface area contributed by atoms with Gasteiger partial charge in [0.25, 0.3) is 0 Å². The SMILES string of the molecule is C[C@@H]1O[C@@H](O[C@H]2[C@H](O)[C@@H](O)[C@H](OC[C@H]3O[C@@H](OC(=O)[C@]45CCC(C)(C)C[C@H]4C4=CC[C@@H]6[C@@]7(C)CC[C@H](O[C@@H]8OC[C@@H](O)[C@H](O)[C@H]8O[C@@H]8O[C@@H](C)[C@H](O)[C@@H](O[C@@H]9OC[C@@H](O[C@@H]%10O[C@H](CO)[C@@H](O)[C@H](O)[C@H]%10O)[C@@H](O)[C@H]9O)[C@H]8O)C(C)(C)[C@@H]7CC[C@@]6(C)[C@]4(C)CC5)[C@H](O)[C@@H](O)[C@@H]3O)O[C@@H]2CO)[C@H](O)[C@H](O)[C@H]1O. The predicted octanol–water partition coefficient (Wildman–Crippen LogP) is -5.23. The Kier molecular flexibility index (Phi) is 24.1. The van der Waals surface area contributed by atoms with E-state index in [9.17, 15) is 97.0 Å². The molecule has 0 aromatic heterocycles. The number of fused-ring (bicyclic) bond motifs is 7. The number of hydrogen-bond acceptors (Lipinski definition) is 34. The average molecular weight is 1500 g/mol. The van der Waals surface area contributed by atoms with Gasteiger partial charge in [-0.3, -0.25) is 4.79 Å². The van der Waals surface area contributed by atoms with Gasteiger partial charge in [0, 0.05) is 0 Å². The molecule has 34 nitrogen and oxygen atoms in total. The van der Waals surface area contributed by atoms with Gasteiger partial charge in [0.1, 0.15) is 146 Å². The summed E-state index contributed by atoms with van der Waals surface area (Å²) in [5.74, 6) is -0.720. The van der Waals surface area contributed by atoms with Gasteiger partial charge in [0.15, 0.2) is 37.7 Å². The van der Waals surface area contributed by atoms with Crippen LogP contribution in [-0.4, -0.2) is 345 Å². The molecule has 0 spiro atoms. The third kappa shape index (κ3) is 14.3. The fraction of sp³-hybridized carbons (Fsp3) is 0.957. The summed E-state index contributed by atoms with van der Waals surface area (Å²) in [4.78, 5) is 15.4. The zero-order valence-corrected chi connectivity index (χ0v) is 60.2. The van der Waals surface area contributed by atoms with Gasteiger partial charge in [-0.25, -0.2) is 0 Å². The summed E-state index contributed by atoms with van der Waals surface area (Å²) in [5, 5.41) is 207. The molecule has 12 rings (SSSR count). The molecular weight excluding hydrogens is 1380 g/mol. The standard InChI is InChI=1S/C70H114O34/c1-26-38(74)44(80)49(85)59(94-26)101-54-32(22-72)97-57(52(88)47(54)83)92-24-33-42(78)46(82)51(87)61(99-33)104-64(90)70-18-16-65(3,4)20-29(70)28-10-11-36-67(7)14-13-37(66(5,6)35(67)12-15-69(36,9)68(28,8)17-19-70)100-63-56(40(76)30(73)23-91-63)103-62-53(89)55(39(75)27(2)95-62)102-58-48(84)43(79)34(25-93-58)98-60-50(86)45(81)41(77)31(21-71)96-60/h10,26-27,29-63,71-89H,11-25H2,1-9H3/t26-,27-,29-,30+,31+,32+,33+,34+,35-,36+,37-,38-,39-,40-,41+,42+,43+,44+,45-,46-,47+,48+,49+,50+,51+,52+,53+,54+,55+,56+,57+,58-,59-,60-,61-,62-,63-,67-,68+,69+,70-/m0/s1. The lowest BCUT2D eigenvalue weighted by atomic mass is 9.33. The summed E-state index contributed by atoms with van der Waals surface area (Å²) in [7, 11) is 0. The molecule has 11 fully saturated rings. The van der Waals surface area contributed by atoms with Gasteiger partial charge in [-0.15, -0.1) is 0 Å². The molecule has 598 valence electrons. The molecule has 0 bridgehead atoms. The first kappa shape index (κ1) is 81.4. The number of allylic oxidation sites excluding steroid dienone is 2. The minimum atomic E-state index is -1.92. The minimum Gasteiger partial charge on any atom is -0.432 e. The first-order valence-electron chi connectivity index (χ1n) is 36.9. The average Bonchev–Trinajstić information content (AvgIpc) is 0.675. The quantitative estimate of drug-likeness (QED) is 0.0368. The summed E-state index contributed by atoms with van der Waals surface area (Å²) in [6, 6.07) is 0. The maximum atomic E-state index is 15.4. The molecular formula is C70H114O34. The van der Waals surface area contributed by atoms with Crippen molar-refractivity contribution in [1.29, 1.82) is 0 Å². The molecule has 41 atom stereocenters. The van der Waals surface area contributed by atoms with E-state index in [-0.39, 0.29) is 40.6 Å². The third-order valence-electron chi connectivity index (χ3n) is 26.9. The van der Waals surface area contributed by atoms with Crippen LogP contribution in [0.5, 0.6) is 0 Å². The monoisotopic (exact) mass is 1500 g/mol. The smallest absolute Gasteiger partial charge is 0.315 e. The highest BCUT2D eigenvalue weighted by molar-refractivity contribution is 5.79. The highest BCUT2D eigenvalue weighted by Crippen LogP contribution is 2.76. The lowest BCUT2D eigenvalue weighted by Gasteiger charge is -2.71. The van der Waals surface area contributed by atoms with Crippen molar-refractivity contribution < 1.29 is 168 Å². The van der Waals surface area contributed by atoms with Crippen LogP contribution in [0.15, 0.2) is 11.6 Å². The van der Waals surface area contributed by atoms with Crippen LogP contribution >= 0.6 is 0 Å². The maximum Gasteiger partial charge on any atom is 0.315 e. The third-order valence-corrected chi connectivity index (χ3v) is 26.9. The fourth-order valence-corrected chi connectivity index (χ4v) is 20.2. The summed E-state index contributed by atoms with van der Waals surface area (Å²) >= 11 is 0. The van der Waals surface area contributed by atoms with E-state index in [1.165, 1.54) is 19.4 Å². The Labute approximate surface area is 602 Å². The summed E-state index contributed by atoms with van der Waals surface area (Å²) < 4.78 is 83.2. The van der Waals surface area contributed by atoms with Crippen molar-refractivity contribution in [3.05, 3.63) is 11.6 Å². The van der Waals surface area contributed by atoms with Gasteiger partial charge in [0.2, 0.25) is 6.29 Å². The number of esters is 1. The van der Waals surface area contributed by atoms with Crippen LogP contribution in [0.4, 0.5) is 0 Å². The molecule has 7 heterocycles. The minimum absolute atomic E-state index is 0.0702. The van der Waals surface area contributed by atoms with Gasteiger partial charge in [-0.2, -0.15) is 0 Å². The first-order valence-corrected chi connectivity index (χ1v) is 36.9. The van der Waals surface area contributed by atoms with Crippen molar-refractivity contribution in [2.45, 2.75) is 335 Å². The number of ether oxygens (including phenoxy) is 14. The van der Waals surface area contributed by atoms with Crippen molar-refractivity contribution >= 4 is 5.97 Å². The van der Waals surface area contributed by atoms with E-state index >= 15 is 4.79 Å². The van der Waals surface area contributed by atoms with Gasteiger partial charge >= 0.3 is 5.97 Å². The Morgan fingerprint density at radius 1 is 0.462 bits per heavy atom. The Morgan fingerprint density at radius 2 is 1.01 bits per heavy atom. The van der Waals surface area contributed by atoms with Crippen LogP contribution in [0.1, 0.15) is 127 Å². The largest absolute Gasteiger partial charge is 0.432 e. The number of aliphatic hydroxyl groups is 19. The normalized spacial score (nSPS) is 54.7. The summed E-state index contributed by atoms with van der Waals surface area (Å²) in [6.07, 6.45) is -45.9. The molecule has 5 aliphatic carbocycles. The van der Waals surface area contributed by atoms with Crippen molar-refractivity contribution in [2.75, 3.05) is 33.0 Å². The van der Waals surface area contributed by atoms with E-state index < -0.39 is 257 Å². The molecule has 4 saturated carbocycles. The molecule has 7 saturated heterocycles. The topological polar surface area (TPSA) is 531 Å². The van der Waals surface area contributed by atoms with E-state index in [1.807, 2.05) is 0 Å². The second-order valence-corrected chi connectivity index (χ2v) is 33.8. The molecule has 34 heteroatoms. The van der Waals surface area contributed by atoms with E-state index in [0.717, 1.165) is 19.3 Å². The van der Waals surface area contributed by atoms with E-state index in [4.69, 9.17) is 66.3 Å². The zero-order valence-electron chi connectivity index (χ0n) is 60.2. The molecule has 12 aliphatic rings. The lowest BCUT2D eigenvalue weighted by molar-refractivity contribution is -0.382. The number of aliphatic hydroxyl groups excluding tert-OH is 19. The Bertz CT molecular complexity index is 2950. The molecule has 104 heavy (non-hydrogen) atoms. The van der Waals surface area contributed by atoms with Crippen LogP contribution < -0.4 is 0 Å². The lowest BCUT2D eigenvalue weighted by Crippen LogP contribution is -2.66. The van der Waals surface area contributed by atoms with Gasteiger partial charge in [0.05, 0.1) is 56.8 Å². The van der Waals surface area contributed by atoms with Gasteiger partial charge in [-0.05, 0) is 123 Å². The first-order chi connectivity index (χ1) is 48.8. The molecule has 0 radical (unpaired) electrons. The van der Waals surface area contributed by atoms with Crippen LogP contribution in [-0.2, 0) is 71.1 Å². The van der Waals surface area contributed by atoms with Crippen LogP contribution in [0.25, 0.3) is 0 Å². The van der Waals surface area contributed by atoms with Crippen LogP contribution in [0.3, 0.4) is 0 Å². The predicted molar refractivity (Wildman–Crippen MR) is 346 cm³/mol. The number of rotatable bonds is 17. The second kappa shape index (κ2) is 30.8. The van der Waals surface area contributed by atoms with E-state index in [2.05, 4.69) is 54.5 Å². The highest BCUT2D eigenvalue weighted by atomic mass is 16.8. The van der Waals surface area contributed by atoms with Crippen LogP contribution in [0, 0.1) is 50.2 Å². The van der Waals surface area contributed by atoms with Crippen molar-refractivity contribution in [3.63, 3.8) is 0 Å². The van der Waals surface area contributed by atoms with Crippen molar-refractivity contribution in [3.8, 4) is 0 Å². The Morgan fingerprint density at radius 3 is 1.68 bits per heavy atom. The van der Waals surface area contributed by atoms with E-state index in [1.54, 1.807) is 0 Å². The highest BCUT2D eigenvalue weighted by Gasteiger charge is 2.71. The van der Waals surface area contributed by atoms with Gasteiger partial charge in [-0.1, -0.05) is 60.1 Å². The number of carbonyl (C=O) groups is 1.